The fraction of sp³-hybridized carbons (Fsp3) is 0.238. The number of carboxylic acids is 1. The third-order valence-corrected chi connectivity index (χ3v) is 6.88. The van der Waals surface area contributed by atoms with Crippen molar-refractivity contribution in [2.45, 2.75) is 22.6 Å². The molecule has 0 atom stereocenters. The molecule has 3 rings (SSSR count). The topological polar surface area (TPSA) is 57.6 Å². The lowest BCUT2D eigenvalue weighted by Crippen LogP contribution is -2.39. The van der Waals surface area contributed by atoms with Crippen molar-refractivity contribution in [3.63, 3.8) is 0 Å². The number of hydrogen-bond donors (Lipinski definition) is 1. The average Bonchev–Trinajstić information content (AvgIpc) is 2.69. The molecule has 0 aromatic heterocycles. The van der Waals surface area contributed by atoms with Gasteiger partial charge in [-0.05, 0) is 54.8 Å². The molecule has 1 amide bonds. The molecule has 1 heterocycles. The molecule has 1 aliphatic heterocycles. The number of amides is 1. The van der Waals surface area contributed by atoms with E-state index in [1.165, 1.54) is 17.8 Å². The molecular weight excluding hydrogens is 453 g/mol. The van der Waals surface area contributed by atoms with Crippen molar-refractivity contribution in [2.75, 3.05) is 13.1 Å². The third-order valence-electron chi connectivity index (χ3n) is 4.64. The maximum Gasteiger partial charge on any atom is 0.306 e. The molecule has 4 nitrogen and oxygen atoms in total. The van der Waals surface area contributed by atoms with Gasteiger partial charge < -0.3 is 10.0 Å². The van der Waals surface area contributed by atoms with E-state index in [1.807, 2.05) is 18.2 Å². The molecule has 29 heavy (non-hydrogen) atoms. The summed E-state index contributed by atoms with van der Waals surface area (Å²) in [5.74, 6) is -1.28. The summed E-state index contributed by atoms with van der Waals surface area (Å²) < 4.78 is 0. The second kappa shape index (κ2) is 9.90. The Bertz CT molecular complexity index is 956. The minimum atomic E-state index is -0.792. The number of halogens is 3. The normalized spacial score (nSPS) is 15.1. The SMILES string of the molecule is O=C(O)C1CCN(C(=O)C=Cc2ccc(Sc3ccc(Cl)cc3Cl)c(Cl)c2)CC1. The highest BCUT2D eigenvalue weighted by Crippen LogP contribution is 2.38. The molecule has 0 bridgehead atoms. The van der Waals surface area contributed by atoms with Crippen LogP contribution in [0.4, 0.5) is 0 Å². The van der Waals surface area contributed by atoms with Crippen LogP contribution in [0.1, 0.15) is 18.4 Å². The highest BCUT2D eigenvalue weighted by molar-refractivity contribution is 7.99. The van der Waals surface area contributed by atoms with Crippen LogP contribution < -0.4 is 0 Å². The number of piperidine rings is 1. The van der Waals surface area contributed by atoms with E-state index < -0.39 is 5.97 Å². The molecule has 2 aromatic carbocycles. The molecule has 2 aromatic rings. The fourth-order valence-corrected chi connectivity index (χ4v) is 4.65. The van der Waals surface area contributed by atoms with E-state index in [-0.39, 0.29) is 11.8 Å². The van der Waals surface area contributed by atoms with Crippen LogP contribution in [0.2, 0.25) is 15.1 Å². The molecule has 0 saturated carbocycles. The van der Waals surface area contributed by atoms with Crippen LogP contribution >= 0.6 is 46.6 Å². The van der Waals surface area contributed by atoms with Crippen molar-refractivity contribution >= 4 is 64.5 Å². The van der Waals surface area contributed by atoms with E-state index >= 15 is 0 Å². The van der Waals surface area contributed by atoms with Crippen LogP contribution in [-0.2, 0) is 9.59 Å². The first kappa shape index (κ1) is 22.0. The smallest absolute Gasteiger partial charge is 0.306 e. The number of carbonyl (C=O) groups excluding carboxylic acids is 1. The van der Waals surface area contributed by atoms with Crippen molar-refractivity contribution < 1.29 is 14.7 Å². The molecule has 1 fully saturated rings. The number of hydrogen-bond acceptors (Lipinski definition) is 3. The Morgan fingerprint density at radius 1 is 1.00 bits per heavy atom. The first-order chi connectivity index (χ1) is 13.8. The number of likely N-dealkylation sites (tertiary alicyclic amines) is 1. The van der Waals surface area contributed by atoms with Gasteiger partial charge in [0.05, 0.1) is 16.0 Å². The summed E-state index contributed by atoms with van der Waals surface area (Å²) >= 11 is 20.0. The summed E-state index contributed by atoms with van der Waals surface area (Å²) in [6.45, 7) is 0.913. The highest BCUT2D eigenvalue weighted by atomic mass is 35.5. The summed E-state index contributed by atoms with van der Waals surface area (Å²) in [5.41, 5.74) is 0.801. The van der Waals surface area contributed by atoms with Gasteiger partial charge in [-0.3, -0.25) is 9.59 Å². The summed E-state index contributed by atoms with van der Waals surface area (Å²) in [6, 6.07) is 10.8. The Balaban J connectivity index is 1.62. The molecule has 0 spiro atoms. The lowest BCUT2D eigenvalue weighted by atomic mass is 9.97. The van der Waals surface area contributed by atoms with Crippen molar-refractivity contribution in [1.29, 1.82) is 0 Å². The average molecular weight is 471 g/mol. The summed E-state index contributed by atoms with van der Waals surface area (Å²) in [5, 5.41) is 10.7. The van der Waals surface area contributed by atoms with Gasteiger partial charge in [-0.1, -0.05) is 52.6 Å². The number of aliphatic carboxylic acids is 1. The fourth-order valence-electron chi connectivity index (χ4n) is 3.00. The van der Waals surface area contributed by atoms with E-state index in [2.05, 4.69) is 0 Å². The summed E-state index contributed by atoms with van der Waals surface area (Å²) in [7, 11) is 0. The second-order valence-corrected chi connectivity index (χ2v) is 8.97. The van der Waals surface area contributed by atoms with Crippen molar-refractivity contribution in [3.05, 3.63) is 63.1 Å². The van der Waals surface area contributed by atoms with E-state index in [0.29, 0.717) is 41.0 Å². The standard InChI is InChI=1S/C21H18Cl3NO3S/c22-15-3-5-19(17(24)12-15)29-18-4-1-13(11-16(18)23)2-6-20(26)25-9-7-14(8-10-25)21(27)28/h1-6,11-12,14H,7-10H2,(H,27,28). The largest absolute Gasteiger partial charge is 0.481 e. The van der Waals surface area contributed by atoms with Crippen LogP contribution in [0.15, 0.2) is 52.3 Å². The van der Waals surface area contributed by atoms with Crippen LogP contribution in [0.3, 0.4) is 0 Å². The lowest BCUT2D eigenvalue weighted by Gasteiger charge is -2.29. The van der Waals surface area contributed by atoms with Crippen molar-refractivity contribution in [3.8, 4) is 0 Å². The number of benzene rings is 2. The summed E-state index contributed by atoms with van der Waals surface area (Å²) in [6.07, 6.45) is 4.18. The molecular formula is C21H18Cl3NO3S. The van der Waals surface area contributed by atoms with Crippen LogP contribution in [0.5, 0.6) is 0 Å². The van der Waals surface area contributed by atoms with Crippen LogP contribution in [0, 0.1) is 5.92 Å². The number of carboxylic acid groups (broad SMARTS) is 1. The molecule has 152 valence electrons. The Kier molecular flexibility index (Phi) is 7.52. The van der Waals surface area contributed by atoms with Gasteiger partial charge in [0.1, 0.15) is 0 Å². The van der Waals surface area contributed by atoms with E-state index in [0.717, 1.165) is 15.4 Å². The second-order valence-electron chi connectivity index (χ2n) is 6.64. The minimum Gasteiger partial charge on any atom is -0.481 e. The van der Waals surface area contributed by atoms with E-state index in [4.69, 9.17) is 39.9 Å². The number of carbonyl (C=O) groups is 2. The quantitative estimate of drug-likeness (QED) is 0.534. The first-order valence-corrected chi connectivity index (χ1v) is 10.9. The molecule has 0 unspecified atom stereocenters. The highest BCUT2D eigenvalue weighted by Gasteiger charge is 2.25. The maximum absolute atomic E-state index is 12.3. The van der Waals surface area contributed by atoms with Gasteiger partial charge in [-0.25, -0.2) is 0 Å². The maximum atomic E-state index is 12.3. The zero-order valence-corrected chi connectivity index (χ0v) is 18.4. The zero-order valence-electron chi connectivity index (χ0n) is 15.3. The van der Waals surface area contributed by atoms with Gasteiger partial charge >= 0.3 is 5.97 Å². The monoisotopic (exact) mass is 469 g/mol. The lowest BCUT2D eigenvalue weighted by molar-refractivity contribution is -0.144. The van der Waals surface area contributed by atoms with Crippen LogP contribution in [-0.4, -0.2) is 35.0 Å². The van der Waals surface area contributed by atoms with Gasteiger partial charge in [-0.15, -0.1) is 0 Å². The van der Waals surface area contributed by atoms with Gasteiger partial charge in [0.2, 0.25) is 5.91 Å². The van der Waals surface area contributed by atoms with Gasteiger partial charge in [0, 0.05) is 34.0 Å². The molecule has 1 N–H and O–H groups in total. The summed E-state index contributed by atoms with van der Waals surface area (Å²) in [4.78, 5) is 26.7. The van der Waals surface area contributed by atoms with Crippen molar-refractivity contribution in [1.82, 2.24) is 4.90 Å². The Morgan fingerprint density at radius 2 is 1.62 bits per heavy atom. The molecule has 0 aliphatic carbocycles. The predicted molar refractivity (Wildman–Crippen MR) is 118 cm³/mol. The molecule has 8 heteroatoms. The minimum absolute atomic E-state index is 0.128. The first-order valence-electron chi connectivity index (χ1n) is 8.96. The van der Waals surface area contributed by atoms with E-state index in [1.54, 1.807) is 29.2 Å². The van der Waals surface area contributed by atoms with Gasteiger partial charge in [-0.2, -0.15) is 0 Å². The Labute approximate surface area is 188 Å². The van der Waals surface area contributed by atoms with Crippen LogP contribution in [0.25, 0.3) is 6.08 Å². The van der Waals surface area contributed by atoms with Crippen molar-refractivity contribution in [2.24, 2.45) is 5.92 Å². The van der Waals surface area contributed by atoms with E-state index in [9.17, 15) is 9.59 Å². The van der Waals surface area contributed by atoms with Gasteiger partial charge in [0.15, 0.2) is 0 Å². The zero-order chi connectivity index (χ0) is 21.0. The predicted octanol–water partition coefficient (Wildman–Crippen LogP) is 6.13. The number of nitrogens with zero attached hydrogens (tertiary/aromatic N) is 1. The third kappa shape index (κ3) is 5.92. The molecule has 1 saturated heterocycles. The number of rotatable bonds is 5. The Morgan fingerprint density at radius 3 is 2.21 bits per heavy atom. The van der Waals surface area contributed by atoms with Gasteiger partial charge in [0.25, 0.3) is 0 Å². The Hall–Kier alpha value is -1.66. The molecule has 0 radical (unpaired) electrons. The molecule has 1 aliphatic rings.